The lowest BCUT2D eigenvalue weighted by Crippen LogP contribution is -2.44. The summed E-state index contributed by atoms with van der Waals surface area (Å²) in [4.78, 5) is 14.8. The van der Waals surface area contributed by atoms with E-state index in [-0.39, 0.29) is 5.82 Å². The highest BCUT2D eigenvalue weighted by molar-refractivity contribution is 5.39. The highest BCUT2D eigenvalue weighted by Gasteiger charge is 2.15. The molecule has 0 atom stereocenters. The van der Waals surface area contributed by atoms with E-state index in [1.807, 2.05) is 6.07 Å². The van der Waals surface area contributed by atoms with Gasteiger partial charge in [0.05, 0.1) is 0 Å². The molecule has 0 spiro atoms. The molecule has 7 heteroatoms. The fourth-order valence-corrected chi connectivity index (χ4v) is 1.97. The van der Waals surface area contributed by atoms with Crippen molar-refractivity contribution in [2.24, 2.45) is 5.92 Å². The third-order valence-electron chi connectivity index (χ3n) is 3.13. The van der Waals surface area contributed by atoms with Crippen LogP contribution < -0.4 is 15.5 Å². The Morgan fingerprint density at radius 3 is 2.70 bits per heavy atom. The molecule has 0 aliphatic carbocycles. The molecule has 7 nitrogen and oxygen atoms in total. The summed E-state index contributed by atoms with van der Waals surface area (Å²) < 4.78 is 0. The number of anilines is 2. The molecular weight excluding hydrogens is 254 g/mol. The average Bonchev–Trinajstić information content (AvgIpc) is 2.47. The normalized spacial score (nSPS) is 15.2. The molecule has 1 saturated heterocycles. The van der Waals surface area contributed by atoms with E-state index >= 15 is 0 Å². The van der Waals surface area contributed by atoms with Gasteiger partial charge in [-0.1, -0.05) is 13.8 Å². The van der Waals surface area contributed by atoms with Crippen LogP contribution in [0.1, 0.15) is 26.1 Å². The van der Waals surface area contributed by atoms with Crippen LogP contribution in [0, 0.1) is 17.2 Å². The molecule has 2 rings (SSSR count). The van der Waals surface area contributed by atoms with Gasteiger partial charge in [-0.25, -0.2) is 0 Å². The first-order valence-corrected chi connectivity index (χ1v) is 7.04. The van der Waals surface area contributed by atoms with Crippen molar-refractivity contribution in [2.45, 2.75) is 20.3 Å². The third-order valence-corrected chi connectivity index (χ3v) is 3.13. The van der Waals surface area contributed by atoms with Crippen molar-refractivity contribution < 1.29 is 0 Å². The maximum absolute atomic E-state index is 9.04. The summed E-state index contributed by atoms with van der Waals surface area (Å²) in [5.41, 5.74) is 0. The van der Waals surface area contributed by atoms with Crippen LogP contribution in [0.5, 0.6) is 0 Å². The largest absolute Gasteiger partial charge is 0.354 e. The zero-order valence-corrected chi connectivity index (χ0v) is 12.1. The number of rotatable bonds is 5. The van der Waals surface area contributed by atoms with Gasteiger partial charge in [0.15, 0.2) is 0 Å². The fraction of sp³-hybridized carbons (Fsp3) is 0.692. The molecule has 2 heterocycles. The van der Waals surface area contributed by atoms with Crippen LogP contribution in [0.3, 0.4) is 0 Å². The van der Waals surface area contributed by atoms with E-state index in [2.05, 4.69) is 44.3 Å². The number of aromatic nitrogens is 3. The van der Waals surface area contributed by atoms with E-state index in [1.165, 1.54) is 0 Å². The summed E-state index contributed by atoms with van der Waals surface area (Å²) in [5, 5.41) is 15.5. The smallest absolute Gasteiger partial charge is 0.238 e. The van der Waals surface area contributed by atoms with E-state index in [4.69, 9.17) is 5.26 Å². The molecule has 108 valence electrons. The molecule has 0 bridgehead atoms. The first-order valence-electron chi connectivity index (χ1n) is 7.04. The SMILES string of the molecule is CC(C)CCNc1nc(C#N)nc(N2CCNCC2)n1. The van der Waals surface area contributed by atoms with E-state index in [1.54, 1.807) is 0 Å². The van der Waals surface area contributed by atoms with Gasteiger partial charge in [0, 0.05) is 32.7 Å². The zero-order chi connectivity index (χ0) is 14.4. The number of hydrogen-bond acceptors (Lipinski definition) is 7. The number of hydrogen-bond donors (Lipinski definition) is 2. The van der Waals surface area contributed by atoms with Gasteiger partial charge in [-0.3, -0.25) is 0 Å². The molecule has 1 aromatic heterocycles. The Hall–Kier alpha value is -1.94. The van der Waals surface area contributed by atoms with E-state index in [0.717, 1.165) is 39.1 Å². The van der Waals surface area contributed by atoms with Crippen molar-refractivity contribution in [3.63, 3.8) is 0 Å². The first-order chi connectivity index (χ1) is 9.69. The average molecular weight is 275 g/mol. The van der Waals surface area contributed by atoms with Gasteiger partial charge in [0.25, 0.3) is 0 Å². The second kappa shape index (κ2) is 7.01. The third kappa shape index (κ3) is 4.03. The summed E-state index contributed by atoms with van der Waals surface area (Å²) in [6.45, 7) is 8.64. The number of nitrogens with one attached hydrogen (secondary N) is 2. The number of nitrogens with zero attached hydrogens (tertiary/aromatic N) is 5. The highest BCUT2D eigenvalue weighted by Crippen LogP contribution is 2.11. The van der Waals surface area contributed by atoms with Crippen LogP contribution in [-0.4, -0.2) is 47.7 Å². The summed E-state index contributed by atoms with van der Waals surface area (Å²) in [6.07, 6.45) is 1.04. The minimum Gasteiger partial charge on any atom is -0.354 e. The summed E-state index contributed by atoms with van der Waals surface area (Å²) >= 11 is 0. The number of piperazine rings is 1. The van der Waals surface area contributed by atoms with Gasteiger partial charge in [0.1, 0.15) is 6.07 Å². The highest BCUT2D eigenvalue weighted by atomic mass is 15.3. The number of nitriles is 1. The molecule has 20 heavy (non-hydrogen) atoms. The lowest BCUT2D eigenvalue weighted by molar-refractivity contribution is 0.578. The molecular formula is C13H21N7. The fourth-order valence-electron chi connectivity index (χ4n) is 1.97. The Morgan fingerprint density at radius 1 is 1.30 bits per heavy atom. The van der Waals surface area contributed by atoms with Crippen LogP contribution in [-0.2, 0) is 0 Å². The second-order valence-electron chi connectivity index (χ2n) is 5.24. The molecule has 0 aromatic carbocycles. The van der Waals surface area contributed by atoms with Crippen LogP contribution in [0.4, 0.5) is 11.9 Å². The van der Waals surface area contributed by atoms with Gasteiger partial charge in [-0.2, -0.15) is 20.2 Å². The second-order valence-corrected chi connectivity index (χ2v) is 5.24. The maximum atomic E-state index is 9.04. The molecule has 0 unspecified atom stereocenters. The lowest BCUT2D eigenvalue weighted by Gasteiger charge is -2.27. The molecule has 0 amide bonds. The lowest BCUT2D eigenvalue weighted by atomic mass is 10.1. The van der Waals surface area contributed by atoms with E-state index < -0.39 is 0 Å². The Balaban J connectivity index is 2.09. The summed E-state index contributed by atoms with van der Waals surface area (Å²) in [6, 6.07) is 2.00. The predicted molar refractivity (Wildman–Crippen MR) is 77.6 cm³/mol. The quantitative estimate of drug-likeness (QED) is 0.813. The molecule has 1 aromatic rings. The Labute approximate surface area is 119 Å². The van der Waals surface area contributed by atoms with Gasteiger partial charge in [-0.15, -0.1) is 0 Å². The van der Waals surface area contributed by atoms with Crippen molar-refractivity contribution in [1.82, 2.24) is 20.3 Å². The van der Waals surface area contributed by atoms with Crippen LogP contribution in [0.2, 0.25) is 0 Å². The van der Waals surface area contributed by atoms with Crippen LogP contribution >= 0.6 is 0 Å². The zero-order valence-electron chi connectivity index (χ0n) is 12.1. The van der Waals surface area contributed by atoms with Gasteiger partial charge in [0.2, 0.25) is 17.7 Å². The minimum atomic E-state index is 0.167. The topological polar surface area (TPSA) is 89.8 Å². The minimum absolute atomic E-state index is 0.167. The standard InChI is InChI=1S/C13H21N7/c1-10(2)3-4-16-12-17-11(9-14)18-13(19-12)20-7-5-15-6-8-20/h10,15H,3-8H2,1-2H3,(H,16,17,18,19). The Kier molecular flexibility index (Phi) is 5.07. The molecule has 1 aliphatic rings. The molecule has 2 N–H and O–H groups in total. The molecule has 0 saturated carbocycles. The molecule has 0 radical (unpaired) electrons. The van der Waals surface area contributed by atoms with Gasteiger partial charge >= 0.3 is 0 Å². The Bertz CT molecular complexity index is 474. The van der Waals surface area contributed by atoms with E-state index in [0.29, 0.717) is 17.8 Å². The van der Waals surface area contributed by atoms with Gasteiger partial charge in [-0.05, 0) is 12.3 Å². The van der Waals surface area contributed by atoms with Crippen molar-refractivity contribution in [1.29, 1.82) is 5.26 Å². The maximum Gasteiger partial charge on any atom is 0.238 e. The monoisotopic (exact) mass is 275 g/mol. The van der Waals surface area contributed by atoms with Crippen LogP contribution in [0.15, 0.2) is 0 Å². The van der Waals surface area contributed by atoms with E-state index in [9.17, 15) is 0 Å². The van der Waals surface area contributed by atoms with Gasteiger partial charge < -0.3 is 15.5 Å². The molecule has 1 fully saturated rings. The molecule has 1 aliphatic heterocycles. The van der Waals surface area contributed by atoms with Crippen molar-refractivity contribution in [2.75, 3.05) is 42.9 Å². The Morgan fingerprint density at radius 2 is 2.05 bits per heavy atom. The van der Waals surface area contributed by atoms with Crippen molar-refractivity contribution in [3.8, 4) is 6.07 Å². The summed E-state index contributed by atoms with van der Waals surface area (Å²) in [5.74, 6) is 1.86. The first kappa shape index (κ1) is 14.5. The van der Waals surface area contributed by atoms with Crippen molar-refractivity contribution >= 4 is 11.9 Å². The predicted octanol–water partition coefficient (Wildman–Crippen LogP) is 0.611. The summed E-state index contributed by atoms with van der Waals surface area (Å²) in [7, 11) is 0. The van der Waals surface area contributed by atoms with Crippen LogP contribution in [0.25, 0.3) is 0 Å². The van der Waals surface area contributed by atoms with Crippen molar-refractivity contribution in [3.05, 3.63) is 5.82 Å².